The molecule has 0 aliphatic heterocycles. The zero-order chi connectivity index (χ0) is 10.1. The molecule has 0 aliphatic carbocycles. The summed E-state index contributed by atoms with van der Waals surface area (Å²) in [5.74, 6) is -0.0288. The van der Waals surface area contributed by atoms with Crippen molar-refractivity contribution in [1.29, 1.82) is 0 Å². The lowest BCUT2D eigenvalue weighted by Crippen LogP contribution is -1.95. The van der Waals surface area contributed by atoms with E-state index in [0.29, 0.717) is 11.0 Å². The van der Waals surface area contributed by atoms with Gasteiger partial charge in [0.25, 0.3) is 0 Å². The predicted octanol–water partition coefficient (Wildman–Crippen LogP) is 2.06. The Bertz CT molecular complexity index is 526. The molecule has 0 amide bonds. The van der Waals surface area contributed by atoms with Gasteiger partial charge in [-0.1, -0.05) is 13.0 Å². The molecular weight excluding hydrogens is 180 g/mol. The van der Waals surface area contributed by atoms with Crippen LogP contribution in [-0.4, -0.2) is 5.11 Å². The molecule has 14 heavy (non-hydrogen) atoms. The maximum absolute atomic E-state index is 11.0. The van der Waals surface area contributed by atoms with Crippen molar-refractivity contribution in [2.24, 2.45) is 0 Å². The third-order valence-electron chi connectivity index (χ3n) is 2.20. The molecule has 1 N–H and O–H groups in total. The van der Waals surface area contributed by atoms with E-state index in [4.69, 9.17) is 4.42 Å². The Labute approximate surface area is 80.6 Å². The fourth-order valence-corrected chi connectivity index (χ4v) is 1.41. The van der Waals surface area contributed by atoms with Crippen molar-refractivity contribution in [3.8, 4) is 5.75 Å². The van der Waals surface area contributed by atoms with E-state index in [-0.39, 0.29) is 5.75 Å². The first kappa shape index (κ1) is 8.81. The van der Waals surface area contributed by atoms with Gasteiger partial charge < -0.3 is 9.52 Å². The molecule has 0 aliphatic rings. The van der Waals surface area contributed by atoms with E-state index in [2.05, 4.69) is 0 Å². The van der Waals surface area contributed by atoms with E-state index in [1.807, 2.05) is 13.0 Å². The summed E-state index contributed by atoms with van der Waals surface area (Å²) in [6.45, 7) is 2.02. The monoisotopic (exact) mass is 190 g/mol. The number of benzene rings is 1. The lowest BCUT2D eigenvalue weighted by molar-refractivity contribution is 0.468. The summed E-state index contributed by atoms with van der Waals surface area (Å²) >= 11 is 0. The Morgan fingerprint density at radius 3 is 2.86 bits per heavy atom. The van der Waals surface area contributed by atoms with Crippen molar-refractivity contribution < 1.29 is 9.52 Å². The van der Waals surface area contributed by atoms with Gasteiger partial charge in [0.05, 0.1) is 11.5 Å². The van der Waals surface area contributed by atoms with Crippen molar-refractivity contribution >= 4 is 11.0 Å². The van der Waals surface area contributed by atoms with Crippen molar-refractivity contribution in [3.05, 3.63) is 40.2 Å². The van der Waals surface area contributed by atoms with Gasteiger partial charge in [-0.3, -0.25) is 0 Å². The van der Waals surface area contributed by atoms with Gasteiger partial charge in [-0.05, 0) is 24.1 Å². The Kier molecular flexibility index (Phi) is 2.00. The summed E-state index contributed by atoms with van der Waals surface area (Å²) < 4.78 is 4.97. The Morgan fingerprint density at radius 2 is 2.14 bits per heavy atom. The highest BCUT2D eigenvalue weighted by atomic mass is 16.4. The molecule has 3 heteroatoms. The van der Waals surface area contributed by atoms with Crippen LogP contribution in [0.25, 0.3) is 11.0 Å². The largest absolute Gasteiger partial charge is 0.507 e. The minimum atomic E-state index is -0.525. The fourth-order valence-electron chi connectivity index (χ4n) is 1.41. The standard InChI is InChI=1S/C11H10O3/c1-2-7-3-4-8-9(12)6-11(13)14-10(8)5-7/h3-6,12H,2H2,1H3. The van der Waals surface area contributed by atoms with Gasteiger partial charge >= 0.3 is 5.63 Å². The molecule has 0 unspecified atom stereocenters. The molecular formula is C11H10O3. The molecule has 0 saturated heterocycles. The van der Waals surface area contributed by atoms with Crippen LogP contribution in [0.2, 0.25) is 0 Å². The highest BCUT2D eigenvalue weighted by Gasteiger charge is 2.03. The zero-order valence-corrected chi connectivity index (χ0v) is 7.78. The molecule has 0 fully saturated rings. The normalized spacial score (nSPS) is 10.6. The van der Waals surface area contributed by atoms with Crippen molar-refractivity contribution in [1.82, 2.24) is 0 Å². The minimum absolute atomic E-state index is 0.0288. The molecule has 0 atom stereocenters. The summed E-state index contributed by atoms with van der Waals surface area (Å²) in [6, 6.07) is 6.51. The van der Waals surface area contributed by atoms with Gasteiger partial charge in [0.2, 0.25) is 0 Å². The molecule has 3 nitrogen and oxygen atoms in total. The van der Waals surface area contributed by atoms with Gasteiger partial charge in [-0.25, -0.2) is 4.79 Å². The molecule has 1 heterocycles. The van der Waals surface area contributed by atoms with E-state index < -0.39 is 5.63 Å². The summed E-state index contributed by atoms with van der Waals surface area (Å²) in [7, 11) is 0. The summed E-state index contributed by atoms with van der Waals surface area (Å²) in [6.07, 6.45) is 0.870. The zero-order valence-electron chi connectivity index (χ0n) is 7.78. The topological polar surface area (TPSA) is 50.4 Å². The first-order valence-electron chi connectivity index (χ1n) is 4.46. The number of aryl methyl sites for hydroxylation is 1. The first-order valence-corrected chi connectivity index (χ1v) is 4.46. The number of hydrogen-bond donors (Lipinski definition) is 1. The maximum atomic E-state index is 11.0. The Morgan fingerprint density at radius 1 is 1.36 bits per heavy atom. The number of rotatable bonds is 1. The van der Waals surface area contributed by atoms with Crippen LogP contribution >= 0.6 is 0 Å². The van der Waals surface area contributed by atoms with Crippen molar-refractivity contribution in [3.63, 3.8) is 0 Å². The second-order valence-corrected chi connectivity index (χ2v) is 3.13. The van der Waals surface area contributed by atoms with Crippen molar-refractivity contribution in [2.75, 3.05) is 0 Å². The van der Waals surface area contributed by atoms with Crippen LogP contribution in [0.3, 0.4) is 0 Å². The number of fused-ring (bicyclic) bond motifs is 1. The smallest absolute Gasteiger partial charge is 0.339 e. The lowest BCUT2D eigenvalue weighted by atomic mass is 10.1. The van der Waals surface area contributed by atoms with E-state index in [0.717, 1.165) is 18.1 Å². The van der Waals surface area contributed by atoms with Crippen molar-refractivity contribution in [2.45, 2.75) is 13.3 Å². The highest BCUT2D eigenvalue weighted by molar-refractivity contribution is 5.83. The van der Waals surface area contributed by atoms with Gasteiger partial charge in [-0.15, -0.1) is 0 Å². The third kappa shape index (κ3) is 1.37. The van der Waals surface area contributed by atoms with Gasteiger partial charge in [0, 0.05) is 0 Å². The molecule has 0 bridgehead atoms. The molecule has 2 aromatic rings. The van der Waals surface area contributed by atoms with Crippen LogP contribution in [0, 0.1) is 0 Å². The maximum Gasteiger partial charge on any atom is 0.339 e. The number of hydrogen-bond acceptors (Lipinski definition) is 3. The molecule has 0 radical (unpaired) electrons. The van der Waals surface area contributed by atoms with Gasteiger partial charge in [0.1, 0.15) is 11.3 Å². The Hall–Kier alpha value is -1.77. The van der Waals surface area contributed by atoms with E-state index in [1.165, 1.54) is 0 Å². The quantitative estimate of drug-likeness (QED) is 0.700. The predicted molar refractivity (Wildman–Crippen MR) is 53.5 cm³/mol. The van der Waals surface area contributed by atoms with E-state index >= 15 is 0 Å². The van der Waals surface area contributed by atoms with Crippen LogP contribution in [0.4, 0.5) is 0 Å². The fraction of sp³-hybridized carbons (Fsp3) is 0.182. The van der Waals surface area contributed by atoms with E-state index in [1.54, 1.807) is 12.1 Å². The molecule has 72 valence electrons. The lowest BCUT2D eigenvalue weighted by Gasteiger charge is -2.00. The van der Waals surface area contributed by atoms with Crippen LogP contribution in [0.5, 0.6) is 5.75 Å². The highest BCUT2D eigenvalue weighted by Crippen LogP contribution is 2.23. The van der Waals surface area contributed by atoms with Gasteiger partial charge in [-0.2, -0.15) is 0 Å². The third-order valence-corrected chi connectivity index (χ3v) is 2.20. The van der Waals surface area contributed by atoms with Crippen LogP contribution < -0.4 is 5.63 Å². The SMILES string of the molecule is CCc1ccc2c(O)cc(=O)oc2c1. The van der Waals surface area contributed by atoms with Gasteiger partial charge in [0.15, 0.2) is 0 Å². The molecule has 0 saturated carbocycles. The van der Waals surface area contributed by atoms with Crippen LogP contribution in [-0.2, 0) is 6.42 Å². The van der Waals surface area contributed by atoms with Crippen LogP contribution in [0.1, 0.15) is 12.5 Å². The summed E-state index contributed by atoms with van der Waals surface area (Å²) in [5.41, 5.74) is 0.990. The first-order chi connectivity index (χ1) is 6.70. The average molecular weight is 190 g/mol. The molecule has 0 spiro atoms. The molecule has 2 rings (SSSR count). The molecule has 1 aromatic heterocycles. The van der Waals surface area contributed by atoms with Crippen LogP contribution in [0.15, 0.2) is 33.5 Å². The number of aromatic hydroxyl groups is 1. The minimum Gasteiger partial charge on any atom is -0.507 e. The second kappa shape index (κ2) is 3.18. The average Bonchev–Trinajstić information content (AvgIpc) is 2.16. The summed E-state index contributed by atoms with van der Waals surface area (Å²) in [5, 5.41) is 10.0. The summed E-state index contributed by atoms with van der Waals surface area (Å²) in [4.78, 5) is 11.0. The molecule has 1 aromatic carbocycles. The second-order valence-electron chi connectivity index (χ2n) is 3.13. The van der Waals surface area contributed by atoms with E-state index in [9.17, 15) is 9.90 Å². The Balaban J connectivity index is 2.82.